The molecule has 0 aliphatic rings. The van der Waals surface area contributed by atoms with Crippen LogP contribution in [0.5, 0.6) is 0 Å². The van der Waals surface area contributed by atoms with Crippen molar-refractivity contribution in [1.29, 1.82) is 0 Å². The molecule has 0 aliphatic carbocycles. The van der Waals surface area contributed by atoms with Crippen molar-refractivity contribution in [3.8, 4) is 0 Å². The lowest BCUT2D eigenvalue weighted by Gasteiger charge is -2.21. The van der Waals surface area contributed by atoms with Gasteiger partial charge in [-0.1, -0.05) is 0 Å². The Balaban J connectivity index is 0. The molecule has 0 saturated carbocycles. The molecule has 0 heterocycles. The van der Waals surface area contributed by atoms with E-state index in [1.807, 2.05) is 0 Å². The summed E-state index contributed by atoms with van der Waals surface area (Å²) in [6.45, 7) is 0. The lowest BCUT2D eigenvalue weighted by molar-refractivity contribution is -0.163. The number of aliphatic hydroxyl groups is 4. The van der Waals surface area contributed by atoms with Crippen LogP contribution in [-0.2, 0) is 20.0 Å². The minimum absolute atomic E-state index is 0.0809. The van der Waals surface area contributed by atoms with E-state index in [2.05, 4.69) is 0 Å². The molecular weight excluding hydrogens is 280 g/mol. The predicted molar refractivity (Wildman–Crippen MR) is 51.9 cm³/mol. The summed E-state index contributed by atoms with van der Waals surface area (Å²) >= 11 is 0. The summed E-state index contributed by atoms with van der Waals surface area (Å²) in [6.07, 6.45) is -8.39. The van der Waals surface area contributed by atoms with E-state index in [4.69, 9.17) is 43.1 Å². The first kappa shape index (κ1) is 19.2. The summed E-state index contributed by atoms with van der Waals surface area (Å²) in [7, 11) is -4.67. The lowest BCUT2D eigenvalue weighted by Crippen LogP contribution is -2.48. The van der Waals surface area contributed by atoms with E-state index in [1.165, 1.54) is 0 Å². The van der Waals surface area contributed by atoms with Crippen LogP contribution in [0.3, 0.4) is 0 Å². The van der Waals surface area contributed by atoms with Crippen LogP contribution in [0.1, 0.15) is 0 Å². The highest BCUT2D eigenvalue weighted by molar-refractivity contribution is 7.79. The van der Waals surface area contributed by atoms with Crippen molar-refractivity contribution >= 4 is 22.7 Å². The van der Waals surface area contributed by atoms with Crippen LogP contribution >= 0.6 is 0 Å². The van der Waals surface area contributed by atoms with Gasteiger partial charge in [0.15, 0.2) is 12.4 Å². The molecule has 0 saturated heterocycles. The molecule has 0 radical (unpaired) electrons. The van der Waals surface area contributed by atoms with Gasteiger partial charge in [-0.15, -0.1) is 0 Å². The number of aliphatic hydroxyl groups excluding tert-OH is 4. The Morgan fingerprint density at radius 1 is 1.00 bits per heavy atom. The Morgan fingerprint density at radius 2 is 1.33 bits per heavy atom. The van der Waals surface area contributed by atoms with Gasteiger partial charge in [-0.3, -0.25) is 9.11 Å². The van der Waals surface area contributed by atoms with Gasteiger partial charge in [0, 0.05) is 0 Å². The van der Waals surface area contributed by atoms with Crippen LogP contribution in [0.4, 0.5) is 0 Å². The maximum absolute atomic E-state index is 10.1. The molecule has 0 aromatic rings. The molecule has 4 atom stereocenters. The van der Waals surface area contributed by atoms with E-state index in [1.54, 1.807) is 0 Å². The zero-order valence-electron chi connectivity index (χ0n) is 8.56. The Morgan fingerprint density at radius 3 is 1.56 bits per heavy atom. The molecule has 0 rings (SSSR count). The van der Waals surface area contributed by atoms with E-state index in [0.29, 0.717) is 0 Å². The maximum Gasteiger partial charge on any atom is 0.394 e. The Kier molecular flexibility index (Phi) is 8.57. The van der Waals surface area contributed by atoms with E-state index in [0.717, 1.165) is 0 Å². The van der Waals surface area contributed by atoms with Gasteiger partial charge in [0.1, 0.15) is 18.3 Å². The van der Waals surface area contributed by atoms with Crippen molar-refractivity contribution < 1.29 is 52.6 Å². The summed E-state index contributed by atoms with van der Waals surface area (Å²) < 4.78 is 31.6. The number of carbonyl (C=O) groups is 2. The minimum atomic E-state index is -4.67. The summed E-state index contributed by atoms with van der Waals surface area (Å²) in [6, 6.07) is 0. The monoisotopic (exact) mass is 292 g/mol. The first-order valence-electron chi connectivity index (χ1n) is 4.02. The van der Waals surface area contributed by atoms with Gasteiger partial charge in [-0.25, -0.2) is 4.79 Å². The third-order valence-corrected chi connectivity index (χ3v) is 1.42. The summed E-state index contributed by atoms with van der Waals surface area (Å²) in [5.41, 5.74) is 0. The first-order chi connectivity index (χ1) is 7.91. The lowest BCUT2D eigenvalue weighted by atomic mass is 10.0. The maximum atomic E-state index is 10.1. The molecular formula is C6H12O11S. The van der Waals surface area contributed by atoms with Gasteiger partial charge in [0.05, 0.1) is 0 Å². The van der Waals surface area contributed by atoms with Crippen LogP contribution in [0.2, 0.25) is 0 Å². The highest BCUT2D eigenvalue weighted by Crippen LogP contribution is 2.03. The van der Waals surface area contributed by atoms with Crippen molar-refractivity contribution in [1.82, 2.24) is 0 Å². The average Bonchev–Trinajstić information content (AvgIpc) is 2.22. The smallest absolute Gasteiger partial charge is 0.394 e. The average molecular weight is 292 g/mol. The second-order valence-electron chi connectivity index (χ2n) is 2.84. The van der Waals surface area contributed by atoms with Crippen LogP contribution < -0.4 is 0 Å². The van der Waals surface area contributed by atoms with E-state index >= 15 is 0 Å². The van der Waals surface area contributed by atoms with Gasteiger partial charge in [0.25, 0.3) is 0 Å². The van der Waals surface area contributed by atoms with Crippen LogP contribution in [0.15, 0.2) is 0 Å². The van der Waals surface area contributed by atoms with Gasteiger partial charge >= 0.3 is 16.4 Å². The van der Waals surface area contributed by atoms with Crippen molar-refractivity contribution in [2.75, 3.05) is 0 Å². The van der Waals surface area contributed by atoms with E-state index in [-0.39, 0.29) is 6.29 Å². The molecule has 7 N–H and O–H groups in total. The normalized spacial score (nSPS) is 17.7. The third kappa shape index (κ3) is 10.0. The quantitative estimate of drug-likeness (QED) is 0.192. The molecule has 108 valence electrons. The zero-order chi connectivity index (χ0) is 15.1. The molecule has 18 heavy (non-hydrogen) atoms. The fourth-order valence-corrected chi connectivity index (χ4v) is 0.615. The molecule has 0 amide bonds. The number of carboxylic acid groups (broad SMARTS) is 1. The molecule has 0 aliphatic heterocycles. The second kappa shape index (κ2) is 8.04. The highest BCUT2D eigenvalue weighted by Gasteiger charge is 2.33. The summed E-state index contributed by atoms with van der Waals surface area (Å²) in [4.78, 5) is 20.0. The highest BCUT2D eigenvalue weighted by atomic mass is 32.3. The number of carboxylic acids is 1. The Labute approximate surface area is 100 Å². The number of aldehydes is 1. The zero-order valence-corrected chi connectivity index (χ0v) is 9.37. The topological polar surface area (TPSA) is 210 Å². The summed E-state index contributed by atoms with van der Waals surface area (Å²) in [5, 5.41) is 43.2. The van der Waals surface area contributed by atoms with Crippen LogP contribution in [-0.4, -0.2) is 79.7 Å². The SMILES string of the molecule is O=C[C@H](O)[C@@H](O)[C@H](O)[C@@H](O)C(=O)O.O=S(=O)(O)O. The molecule has 0 unspecified atom stereocenters. The van der Waals surface area contributed by atoms with Gasteiger partial charge in [-0.2, -0.15) is 8.42 Å². The number of hydrogen-bond acceptors (Lipinski definition) is 8. The van der Waals surface area contributed by atoms with Crippen molar-refractivity contribution in [2.45, 2.75) is 24.4 Å². The van der Waals surface area contributed by atoms with Crippen molar-refractivity contribution in [3.05, 3.63) is 0 Å². The van der Waals surface area contributed by atoms with E-state index < -0.39 is 40.8 Å². The number of aliphatic carboxylic acids is 1. The minimum Gasteiger partial charge on any atom is -0.479 e. The largest absolute Gasteiger partial charge is 0.479 e. The fraction of sp³-hybridized carbons (Fsp3) is 0.667. The van der Waals surface area contributed by atoms with Crippen LogP contribution in [0, 0.1) is 0 Å². The molecule has 0 aromatic carbocycles. The molecule has 12 heteroatoms. The summed E-state index contributed by atoms with van der Waals surface area (Å²) in [5.74, 6) is -1.76. The van der Waals surface area contributed by atoms with Crippen molar-refractivity contribution in [3.63, 3.8) is 0 Å². The molecule has 0 aromatic heterocycles. The fourth-order valence-electron chi connectivity index (χ4n) is 0.615. The molecule has 0 spiro atoms. The molecule has 0 fully saturated rings. The molecule has 11 nitrogen and oxygen atoms in total. The predicted octanol–water partition coefficient (Wildman–Crippen LogP) is -3.94. The van der Waals surface area contributed by atoms with Gasteiger partial charge < -0.3 is 30.3 Å². The second-order valence-corrected chi connectivity index (χ2v) is 3.73. The first-order valence-corrected chi connectivity index (χ1v) is 5.41. The number of carbonyl (C=O) groups excluding carboxylic acids is 1. The Hall–Kier alpha value is -1.15. The standard InChI is InChI=1S/C6H10O7.H2O4S/c7-1-2(8)3(9)4(10)5(11)6(12)13;1-5(2,3)4/h1-5,8-11H,(H,12,13);(H2,1,2,3,4)/t2-,3+,4-,5+;/m0./s1. The van der Waals surface area contributed by atoms with Crippen molar-refractivity contribution in [2.24, 2.45) is 0 Å². The van der Waals surface area contributed by atoms with Crippen LogP contribution in [0.25, 0.3) is 0 Å². The third-order valence-electron chi connectivity index (χ3n) is 1.42. The van der Waals surface area contributed by atoms with Gasteiger partial charge in [-0.05, 0) is 0 Å². The molecule has 0 bridgehead atoms. The van der Waals surface area contributed by atoms with Gasteiger partial charge in [0.2, 0.25) is 0 Å². The van der Waals surface area contributed by atoms with E-state index in [9.17, 15) is 9.59 Å². The number of hydrogen-bond donors (Lipinski definition) is 7. The Bertz CT molecular complexity index is 354. The number of rotatable bonds is 5.